The van der Waals surface area contributed by atoms with Gasteiger partial charge in [-0.05, 0) is 38.1 Å². The maximum absolute atomic E-state index is 12.1. The Balaban J connectivity index is 1.73. The summed E-state index contributed by atoms with van der Waals surface area (Å²) in [6.45, 7) is 7.21. The highest BCUT2D eigenvalue weighted by Gasteiger charge is 2.19. The molecule has 1 aromatic rings. The zero-order chi connectivity index (χ0) is 18.2. The van der Waals surface area contributed by atoms with E-state index in [-0.39, 0.29) is 5.91 Å². The lowest BCUT2D eigenvalue weighted by molar-refractivity contribution is -0.121. The van der Waals surface area contributed by atoms with Gasteiger partial charge in [0.25, 0.3) is 0 Å². The first-order valence-corrected chi connectivity index (χ1v) is 8.93. The predicted octanol–water partition coefficient (Wildman–Crippen LogP) is 1.39. The molecule has 6 heteroatoms. The van der Waals surface area contributed by atoms with Crippen molar-refractivity contribution < 1.29 is 14.3 Å². The molecule has 1 N–H and O–H groups in total. The van der Waals surface area contributed by atoms with E-state index in [0.717, 1.165) is 31.7 Å². The molecule has 0 aliphatic carbocycles. The summed E-state index contributed by atoms with van der Waals surface area (Å²) < 4.78 is 10.5. The smallest absolute Gasteiger partial charge is 0.220 e. The highest BCUT2D eigenvalue weighted by atomic mass is 16.5. The molecule has 1 heterocycles. The van der Waals surface area contributed by atoms with E-state index in [1.807, 2.05) is 18.2 Å². The van der Waals surface area contributed by atoms with Gasteiger partial charge in [-0.2, -0.15) is 0 Å². The second-order valence-electron chi connectivity index (χ2n) is 6.68. The molecule has 1 aliphatic heterocycles. The minimum Gasteiger partial charge on any atom is -0.493 e. The minimum absolute atomic E-state index is 0.0933. The monoisotopic (exact) mass is 349 g/mol. The Kier molecular flexibility index (Phi) is 7.52. The summed E-state index contributed by atoms with van der Waals surface area (Å²) in [4.78, 5) is 16.9. The predicted molar refractivity (Wildman–Crippen MR) is 99.4 cm³/mol. The number of rotatable bonds is 8. The molecule has 0 saturated carbocycles. The van der Waals surface area contributed by atoms with Gasteiger partial charge < -0.3 is 19.7 Å². The van der Waals surface area contributed by atoms with E-state index < -0.39 is 0 Å². The Hall–Kier alpha value is -1.79. The van der Waals surface area contributed by atoms with Crippen molar-refractivity contribution in [2.75, 3.05) is 54.0 Å². The van der Waals surface area contributed by atoms with Crippen LogP contribution in [0.5, 0.6) is 11.5 Å². The molecule has 0 aromatic heterocycles. The maximum Gasteiger partial charge on any atom is 0.220 e. The van der Waals surface area contributed by atoms with Gasteiger partial charge >= 0.3 is 0 Å². The van der Waals surface area contributed by atoms with Crippen LogP contribution in [0.1, 0.15) is 18.9 Å². The van der Waals surface area contributed by atoms with Gasteiger partial charge in [-0.1, -0.05) is 6.07 Å². The second kappa shape index (κ2) is 9.63. The topological polar surface area (TPSA) is 54.0 Å². The highest BCUT2D eigenvalue weighted by Crippen LogP contribution is 2.27. The fraction of sp³-hybridized carbons (Fsp3) is 0.632. The number of nitrogens with one attached hydrogen (secondary N) is 1. The SMILES string of the molecule is COc1ccc(CCC(=O)NCC(C)N2CCN(C)CC2)cc1OC. The van der Waals surface area contributed by atoms with Gasteiger partial charge in [-0.25, -0.2) is 0 Å². The number of hydrogen-bond acceptors (Lipinski definition) is 5. The van der Waals surface area contributed by atoms with Gasteiger partial charge in [0.15, 0.2) is 11.5 Å². The molecule has 6 nitrogen and oxygen atoms in total. The van der Waals surface area contributed by atoms with E-state index in [9.17, 15) is 4.79 Å². The first-order valence-electron chi connectivity index (χ1n) is 8.93. The molecule has 2 rings (SSSR count). The Morgan fingerprint density at radius 2 is 1.84 bits per heavy atom. The number of carbonyl (C=O) groups excluding carboxylic acids is 1. The van der Waals surface area contributed by atoms with E-state index in [1.54, 1.807) is 14.2 Å². The van der Waals surface area contributed by atoms with Gasteiger partial charge in [0.2, 0.25) is 5.91 Å². The number of benzene rings is 1. The number of likely N-dealkylation sites (N-methyl/N-ethyl adjacent to an activating group) is 1. The van der Waals surface area contributed by atoms with Crippen LogP contribution in [-0.2, 0) is 11.2 Å². The summed E-state index contributed by atoms with van der Waals surface area (Å²) >= 11 is 0. The number of aryl methyl sites for hydroxylation is 1. The van der Waals surface area contributed by atoms with Crippen molar-refractivity contribution in [1.82, 2.24) is 15.1 Å². The Morgan fingerprint density at radius 1 is 1.16 bits per heavy atom. The summed E-state index contributed by atoms with van der Waals surface area (Å²) in [6, 6.07) is 6.15. The van der Waals surface area contributed by atoms with Crippen LogP contribution in [0.2, 0.25) is 0 Å². The number of amides is 1. The summed E-state index contributed by atoms with van der Waals surface area (Å²) in [5.41, 5.74) is 1.07. The average molecular weight is 349 g/mol. The number of hydrogen-bond donors (Lipinski definition) is 1. The molecule has 1 atom stereocenters. The fourth-order valence-corrected chi connectivity index (χ4v) is 3.04. The maximum atomic E-state index is 12.1. The highest BCUT2D eigenvalue weighted by molar-refractivity contribution is 5.76. The van der Waals surface area contributed by atoms with Crippen molar-refractivity contribution in [3.8, 4) is 11.5 Å². The van der Waals surface area contributed by atoms with Gasteiger partial charge in [-0.3, -0.25) is 9.69 Å². The first kappa shape index (κ1) is 19.5. The number of methoxy groups -OCH3 is 2. The zero-order valence-corrected chi connectivity index (χ0v) is 15.9. The Bertz CT molecular complexity index is 557. The lowest BCUT2D eigenvalue weighted by Crippen LogP contribution is -2.51. The molecular formula is C19H31N3O3. The van der Waals surface area contributed by atoms with Crippen LogP contribution in [0.15, 0.2) is 18.2 Å². The van der Waals surface area contributed by atoms with Gasteiger partial charge in [-0.15, -0.1) is 0 Å². The van der Waals surface area contributed by atoms with Crippen molar-refractivity contribution in [2.45, 2.75) is 25.8 Å². The second-order valence-corrected chi connectivity index (χ2v) is 6.68. The third-order valence-corrected chi connectivity index (χ3v) is 4.84. The van der Waals surface area contributed by atoms with Crippen molar-refractivity contribution in [1.29, 1.82) is 0 Å². The third kappa shape index (κ3) is 5.90. The van der Waals surface area contributed by atoms with Gasteiger partial charge in [0.05, 0.1) is 14.2 Å². The molecule has 1 unspecified atom stereocenters. The van der Waals surface area contributed by atoms with E-state index in [2.05, 4.69) is 29.1 Å². The molecule has 1 aliphatic rings. The number of piperazine rings is 1. The molecule has 140 valence electrons. The average Bonchev–Trinajstić information content (AvgIpc) is 2.64. The normalized spacial score (nSPS) is 17.1. The molecule has 0 spiro atoms. The Morgan fingerprint density at radius 3 is 2.48 bits per heavy atom. The lowest BCUT2D eigenvalue weighted by atomic mass is 10.1. The third-order valence-electron chi connectivity index (χ3n) is 4.84. The molecule has 1 saturated heterocycles. The van der Waals surface area contributed by atoms with Crippen LogP contribution >= 0.6 is 0 Å². The van der Waals surface area contributed by atoms with E-state index >= 15 is 0 Å². The molecule has 1 amide bonds. The standard InChI is InChI=1S/C19H31N3O3/c1-15(22-11-9-21(2)10-12-22)14-20-19(23)8-6-16-5-7-17(24-3)18(13-16)25-4/h5,7,13,15H,6,8-12,14H2,1-4H3,(H,20,23). The van der Waals surface area contributed by atoms with Crippen LogP contribution in [0.4, 0.5) is 0 Å². The van der Waals surface area contributed by atoms with E-state index in [4.69, 9.17) is 9.47 Å². The molecule has 0 bridgehead atoms. The van der Waals surface area contributed by atoms with Crippen LogP contribution in [0, 0.1) is 0 Å². The zero-order valence-electron chi connectivity index (χ0n) is 15.9. The summed E-state index contributed by atoms with van der Waals surface area (Å²) in [7, 11) is 5.39. The van der Waals surface area contributed by atoms with Crippen LogP contribution < -0.4 is 14.8 Å². The minimum atomic E-state index is 0.0933. The molecule has 25 heavy (non-hydrogen) atoms. The van der Waals surface area contributed by atoms with Gasteiger partial charge in [0.1, 0.15) is 0 Å². The number of nitrogens with zero attached hydrogens (tertiary/aromatic N) is 2. The first-order chi connectivity index (χ1) is 12.0. The van der Waals surface area contributed by atoms with Crippen molar-refractivity contribution in [3.63, 3.8) is 0 Å². The summed E-state index contributed by atoms with van der Waals surface area (Å²) in [5.74, 6) is 1.50. The van der Waals surface area contributed by atoms with Crippen LogP contribution in [0.25, 0.3) is 0 Å². The Labute approximate surface area is 151 Å². The summed E-state index contributed by atoms with van der Waals surface area (Å²) in [6.07, 6.45) is 1.17. The summed E-state index contributed by atoms with van der Waals surface area (Å²) in [5, 5.41) is 3.06. The van der Waals surface area contributed by atoms with Crippen LogP contribution in [-0.4, -0.2) is 75.7 Å². The molecule has 0 radical (unpaired) electrons. The van der Waals surface area contributed by atoms with Crippen molar-refractivity contribution in [2.24, 2.45) is 0 Å². The molecular weight excluding hydrogens is 318 g/mol. The van der Waals surface area contributed by atoms with E-state index in [0.29, 0.717) is 36.9 Å². The van der Waals surface area contributed by atoms with Crippen LogP contribution in [0.3, 0.4) is 0 Å². The molecule has 1 aromatic carbocycles. The van der Waals surface area contributed by atoms with Crippen molar-refractivity contribution in [3.05, 3.63) is 23.8 Å². The number of carbonyl (C=O) groups is 1. The molecule has 1 fully saturated rings. The quantitative estimate of drug-likeness (QED) is 0.769. The van der Waals surface area contributed by atoms with Gasteiger partial charge in [0, 0.05) is 45.2 Å². The van der Waals surface area contributed by atoms with Crippen molar-refractivity contribution >= 4 is 5.91 Å². The number of ether oxygens (including phenoxy) is 2. The van der Waals surface area contributed by atoms with E-state index in [1.165, 1.54) is 0 Å². The fourth-order valence-electron chi connectivity index (χ4n) is 3.04. The lowest BCUT2D eigenvalue weighted by Gasteiger charge is -2.36. The largest absolute Gasteiger partial charge is 0.493 e.